The number of nitrogens with zero attached hydrogens (tertiary/aromatic N) is 1. The van der Waals surface area contributed by atoms with Gasteiger partial charge in [-0.05, 0) is 31.7 Å². The zero-order valence-corrected chi connectivity index (χ0v) is 15.7. The van der Waals surface area contributed by atoms with Crippen LogP contribution < -0.4 is 28.2 Å². The first-order chi connectivity index (χ1) is 12.6. The van der Waals surface area contributed by atoms with Crippen molar-refractivity contribution in [1.29, 1.82) is 5.41 Å². The van der Waals surface area contributed by atoms with Crippen LogP contribution in [0.3, 0.4) is 0 Å². The summed E-state index contributed by atoms with van der Waals surface area (Å²) >= 11 is 0. The van der Waals surface area contributed by atoms with Crippen molar-refractivity contribution in [2.45, 2.75) is 19.4 Å². The summed E-state index contributed by atoms with van der Waals surface area (Å²) in [6.45, 7) is 3.54. The predicted octanol–water partition coefficient (Wildman–Crippen LogP) is -0.520. The number of hydrogen-bond acceptors (Lipinski definition) is 7. The van der Waals surface area contributed by atoms with Crippen LogP contribution in [0.2, 0.25) is 0 Å². The predicted molar refractivity (Wildman–Crippen MR) is 105 cm³/mol. The lowest BCUT2D eigenvalue weighted by molar-refractivity contribution is -0.825. The van der Waals surface area contributed by atoms with Crippen molar-refractivity contribution < 1.29 is 15.5 Å². The van der Waals surface area contributed by atoms with Crippen LogP contribution in [-0.2, 0) is 7.05 Å². The number of quaternary nitrogens is 1. The minimum absolute atomic E-state index is 0.272. The van der Waals surface area contributed by atoms with Gasteiger partial charge < -0.3 is 27.2 Å². The second kappa shape index (κ2) is 9.19. The second-order valence-electron chi connectivity index (χ2n) is 6.50. The van der Waals surface area contributed by atoms with Crippen molar-refractivity contribution in [3.05, 3.63) is 52.0 Å². The molecule has 2 rings (SSSR count). The van der Waals surface area contributed by atoms with Gasteiger partial charge in [0, 0.05) is 49.0 Å². The fourth-order valence-electron chi connectivity index (χ4n) is 2.27. The lowest BCUT2D eigenvalue weighted by Gasteiger charge is -2.18. The van der Waals surface area contributed by atoms with Gasteiger partial charge in [0.1, 0.15) is 0 Å². The molecule has 9 heteroatoms. The molecule has 0 saturated heterocycles. The molecule has 27 heavy (non-hydrogen) atoms. The molecule has 2 aromatic rings. The first-order valence-electron chi connectivity index (χ1n) is 8.16. The van der Waals surface area contributed by atoms with Gasteiger partial charge in [-0.15, -0.1) is 0 Å². The van der Waals surface area contributed by atoms with Crippen molar-refractivity contribution in [1.82, 2.24) is 4.57 Å². The number of Topliss-reactive ketones (excluding diaryl/α,β-unsaturated/α-hetero) is 1. The summed E-state index contributed by atoms with van der Waals surface area (Å²) in [5, 5.41) is 16.3. The monoisotopic (exact) mass is 375 g/mol. The molecule has 146 valence electrons. The summed E-state index contributed by atoms with van der Waals surface area (Å²) in [6, 6.07) is 6.32. The van der Waals surface area contributed by atoms with Gasteiger partial charge in [-0.2, -0.15) is 5.48 Å². The van der Waals surface area contributed by atoms with Gasteiger partial charge in [0.15, 0.2) is 11.5 Å². The van der Waals surface area contributed by atoms with E-state index in [1.807, 2.05) is 0 Å². The van der Waals surface area contributed by atoms with E-state index < -0.39 is 5.54 Å². The summed E-state index contributed by atoms with van der Waals surface area (Å²) in [6.07, 6.45) is 2.47. The number of aromatic nitrogens is 1. The molecule has 1 heterocycles. The number of aryl methyl sites for hydroxylation is 1. The maximum Gasteiger partial charge on any atom is 0.251 e. The third kappa shape index (κ3) is 5.31. The Labute approximate surface area is 156 Å². The Kier molecular flexibility index (Phi) is 7.56. The molecule has 0 atom stereocenters. The number of pyridine rings is 1. The quantitative estimate of drug-likeness (QED) is 0.177. The first-order valence-corrected chi connectivity index (χ1v) is 8.16. The third-order valence-electron chi connectivity index (χ3n) is 3.88. The van der Waals surface area contributed by atoms with Gasteiger partial charge in [-0.3, -0.25) is 9.59 Å². The van der Waals surface area contributed by atoms with Gasteiger partial charge in [0.05, 0.1) is 11.1 Å². The number of benzene rings is 1. The Morgan fingerprint density at radius 3 is 2.41 bits per heavy atom. The van der Waals surface area contributed by atoms with Crippen LogP contribution in [0, 0.1) is 5.41 Å². The van der Waals surface area contributed by atoms with E-state index in [0.29, 0.717) is 28.7 Å². The minimum atomic E-state index is -1.07. The molecule has 0 amide bonds. The summed E-state index contributed by atoms with van der Waals surface area (Å²) in [5.74, 6) is -0.310. The minimum Gasteiger partial charge on any atom is -0.404 e. The Morgan fingerprint density at radius 1 is 1.37 bits per heavy atom. The highest BCUT2D eigenvalue weighted by molar-refractivity contribution is 6.11. The largest absolute Gasteiger partial charge is 0.404 e. The van der Waals surface area contributed by atoms with E-state index in [2.05, 4.69) is 0 Å². The van der Waals surface area contributed by atoms with Gasteiger partial charge in [-0.1, -0.05) is 0 Å². The highest BCUT2D eigenvalue weighted by Crippen LogP contribution is 2.22. The molecule has 0 aliphatic rings. The maximum atomic E-state index is 12.4. The van der Waals surface area contributed by atoms with E-state index in [9.17, 15) is 9.59 Å². The molecule has 0 aliphatic heterocycles. The van der Waals surface area contributed by atoms with Gasteiger partial charge in [-0.25, -0.2) is 5.21 Å². The Morgan fingerprint density at radius 2 is 2.00 bits per heavy atom. The zero-order valence-electron chi connectivity index (χ0n) is 15.7. The van der Waals surface area contributed by atoms with Crippen LogP contribution >= 0.6 is 0 Å². The van der Waals surface area contributed by atoms with E-state index in [-0.39, 0.29) is 16.9 Å². The third-order valence-corrected chi connectivity index (χ3v) is 3.88. The molecule has 0 saturated carbocycles. The van der Waals surface area contributed by atoms with Gasteiger partial charge in [0.25, 0.3) is 5.56 Å². The zero-order chi connectivity index (χ0) is 20.8. The smallest absolute Gasteiger partial charge is 0.251 e. The standard InChI is InChI=1S/C14H17N3O3.C4H9N3/c1-14(2,15)13(19)10-7-12(18)17(3)11-5-4-8(16-20)6-9(10)11;5-1-4(2-6)3-7/h4-7,16,20H,15H2,1-3H3;1-2,5H,3,6-7H2/p+1/b;4-2+,5-1?. The number of carbonyl (C=O) groups excluding carboxylic acids is 1. The molecular weight excluding hydrogens is 348 g/mol. The number of ketones is 1. The van der Waals surface area contributed by atoms with Gasteiger partial charge >= 0.3 is 0 Å². The normalized spacial score (nSPS) is 11.7. The Balaban J connectivity index is 0.000000445. The van der Waals surface area contributed by atoms with E-state index in [1.165, 1.54) is 16.8 Å². The molecule has 10 N–H and O–H groups in total. The van der Waals surface area contributed by atoms with Crippen molar-refractivity contribution >= 4 is 28.6 Å². The highest BCUT2D eigenvalue weighted by atomic mass is 16.5. The topological polar surface area (TPSA) is 178 Å². The van der Waals surface area contributed by atoms with E-state index in [0.717, 1.165) is 11.7 Å². The molecule has 0 spiro atoms. The molecule has 1 aromatic carbocycles. The van der Waals surface area contributed by atoms with Crippen LogP contribution in [-0.4, -0.2) is 33.9 Å². The molecule has 1 aromatic heterocycles. The molecule has 0 radical (unpaired) electrons. The summed E-state index contributed by atoms with van der Waals surface area (Å²) in [7, 11) is 1.63. The van der Waals surface area contributed by atoms with E-state index in [1.54, 1.807) is 39.1 Å². The van der Waals surface area contributed by atoms with Gasteiger partial charge in [0.2, 0.25) is 0 Å². The van der Waals surface area contributed by atoms with Crippen LogP contribution in [0.15, 0.2) is 40.8 Å². The molecule has 0 fully saturated rings. The number of rotatable bonds is 5. The van der Waals surface area contributed by atoms with Crippen molar-refractivity contribution in [2.24, 2.45) is 24.2 Å². The summed E-state index contributed by atoms with van der Waals surface area (Å²) in [5.41, 5.74) is 17.7. The molecular formula is C18H27N6O3+. The summed E-state index contributed by atoms with van der Waals surface area (Å²) in [4.78, 5) is 24.3. The molecule has 0 unspecified atom stereocenters. The fourth-order valence-corrected chi connectivity index (χ4v) is 2.27. The first kappa shape index (κ1) is 22.2. The number of nitrogens with two attached hydrogens (primary N) is 4. The number of fused-ring (bicyclic) bond motifs is 1. The number of hydrogen-bond donors (Lipinski definition) is 6. The lowest BCUT2D eigenvalue weighted by Crippen LogP contribution is -2.73. The fraction of sp³-hybridized carbons (Fsp3) is 0.278. The molecule has 0 aliphatic carbocycles. The van der Waals surface area contributed by atoms with E-state index in [4.69, 9.17) is 27.8 Å². The SMILES string of the molecule is Cn1c(=O)cc(C(=O)C(C)(C)N)c2cc([NH2+]O)ccc21.N=C/C(=C\N)CN. The maximum absolute atomic E-state index is 12.4. The van der Waals surface area contributed by atoms with Crippen LogP contribution in [0.25, 0.3) is 10.9 Å². The Bertz CT molecular complexity index is 925. The van der Waals surface area contributed by atoms with E-state index >= 15 is 0 Å². The number of nitrogens with one attached hydrogen (secondary N) is 1. The average molecular weight is 375 g/mol. The highest BCUT2D eigenvalue weighted by Gasteiger charge is 2.26. The van der Waals surface area contributed by atoms with Crippen LogP contribution in [0.4, 0.5) is 5.69 Å². The lowest BCUT2D eigenvalue weighted by atomic mass is 9.92. The molecule has 9 nitrogen and oxygen atoms in total. The van der Waals surface area contributed by atoms with Crippen LogP contribution in [0.5, 0.6) is 0 Å². The van der Waals surface area contributed by atoms with Crippen molar-refractivity contribution in [3.8, 4) is 0 Å². The van der Waals surface area contributed by atoms with Crippen molar-refractivity contribution in [2.75, 3.05) is 6.54 Å². The average Bonchev–Trinajstić information content (AvgIpc) is 2.65. The summed E-state index contributed by atoms with van der Waals surface area (Å²) < 4.78 is 1.46. The molecule has 0 bridgehead atoms. The van der Waals surface area contributed by atoms with Crippen LogP contribution in [0.1, 0.15) is 24.2 Å². The van der Waals surface area contributed by atoms with Crippen molar-refractivity contribution in [3.63, 3.8) is 0 Å². The second-order valence-corrected chi connectivity index (χ2v) is 6.50. The number of carbonyl (C=O) groups is 1. The Hall–Kier alpha value is -2.85.